The second-order valence-electron chi connectivity index (χ2n) is 7.32. The van der Waals surface area contributed by atoms with Crippen LogP contribution in [0.4, 0.5) is 10.1 Å². The minimum absolute atomic E-state index is 0.0737. The molecular formula is C21H21FN6O2. The summed E-state index contributed by atoms with van der Waals surface area (Å²) in [6, 6.07) is 11.1. The van der Waals surface area contributed by atoms with Crippen LogP contribution >= 0.6 is 0 Å². The van der Waals surface area contributed by atoms with E-state index in [2.05, 4.69) is 20.8 Å². The fourth-order valence-electron chi connectivity index (χ4n) is 3.57. The van der Waals surface area contributed by atoms with Gasteiger partial charge in [0.25, 0.3) is 5.91 Å². The Labute approximate surface area is 172 Å². The van der Waals surface area contributed by atoms with Crippen molar-refractivity contribution in [1.82, 2.24) is 25.1 Å². The maximum atomic E-state index is 13.1. The van der Waals surface area contributed by atoms with Gasteiger partial charge in [-0.2, -0.15) is 0 Å². The van der Waals surface area contributed by atoms with Gasteiger partial charge in [0.2, 0.25) is 5.91 Å². The molecule has 154 valence electrons. The van der Waals surface area contributed by atoms with Gasteiger partial charge in [-0.05, 0) is 72.2 Å². The summed E-state index contributed by atoms with van der Waals surface area (Å²) in [6.45, 7) is 2.91. The first-order chi connectivity index (χ1) is 14.5. The average Bonchev–Trinajstić information content (AvgIpc) is 3.30. The van der Waals surface area contributed by atoms with Gasteiger partial charge in [0, 0.05) is 30.3 Å². The summed E-state index contributed by atoms with van der Waals surface area (Å²) in [5.74, 6) is -0.768. The van der Waals surface area contributed by atoms with Crippen LogP contribution < -0.4 is 5.32 Å². The highest BCUT2D eigenvalue weighted by atomic mass is 19.1. The zero-order valence-electron chi connectivity index (χ0n) is 16.5. The molecular weight excluding hydrogens is 387 g/mol. The fourth-order valence-corrected chi connectivity index (χ4v) is 3.57. The molecule has 0 aliphatic carbocycles. The maximum absolute atomic E-state index is 13.1. The average molecular weight is 408 g/mol. The zero-order valence-corrected chi connectivity index (χ0v) is 16.5. The topological polar surface area (TPSA) is 93.0 Å². The third-order valence-electron chi connectivity index (χ3n) is 5.32. The van der Waals surface area contributed by atoms with Crippen LogP contribution in [-0.2, 0) is 4.79 Å². The second kappa shape index (κ2) is 8.40. The van der Waals surface area contributed by atoms with Crippen molar-refractivity contribution >= 4 is 17.5 Å². The lowest BCUT2D eigenvalue weighted by atomic mass is 9.95. The second-order valence-corrected chi connectivity index (χ2v) is 7.32. The number of piperidine rings is 1. The molecule has 1 fully saturated rings. The number of amides is 2. The standard InChI is InChI=1S/C21H21FN6O2/c1-14-2-7-18(12-19(14)28-13-23-25-26-28)24-20(29)15-8-10-27(11-9-15)21(30)16-3-5-17(22)6-4-16/h2-7,12-13,15H,8-11H2,1H3,(H,24,29). The third kappa shape index (κ3) is 4.19. The van der Waals surface area contributed by atoms with Gasteiger partial charge in [0.05, 0.1) is 5.69 Å². The summed E-state index contributed by atoms with van der Waals surface area (Å²) in [5.41, 5.74) is 2.89. The predicted octanol–water partition coefficient (Wildman–Crippen LogP) is 2.60. The van der Waals surface area contributed by atoms with E-state index in [4.69, 9.17) is 0 Å². The number of carbonyl (C=O) groups excluding carboxylic acids is 2. The van der Waals surface area contributed by atoms with Crippen molar-refractivity contribution < 1.29 is 14.0 Å². The summed E-state index contributed by atoms with van der Waals surface area (Å²) in [7, 11) is 0. The zero-order chi connectivity index (χ0) is 21.1. The molecule has 1 saturated heterocycles. The Bertz CT molecular complexity index is 1040. The SMILES string of the molecule is Cc1ccc(NC(=O)C2CCN(C(=O)c3ccc(F)cc3)CC2)cc1-n1cnnn1. The van der Waals surface area contributed by atoms with Crippen molar-refractivity contribution in [2.75, 3.05) is 18.4 Å². The number of nitrogens with one attached hydrogen (secondary N) is 1. The Morgan fingerprint density at radius 2 is 1.83 bits per heavy atom. The molecule has 1 N–H and O–H groups in total. The molecule has 8 nitrogen and oxygen atoms in total. The van der Waals surface area contributed by atoms with E-state index >= 15 is 0 Å². The lowest BCUT2D eigenvalue weighted by Crippen LogP contribution is -2.41. The molecule has 9 heteroatoms. The molecule has 0 spiro atoms. The van der Waals surface area contributed by atoms with Gasteiger partial charge in [0.15, 0.2) is 0 Å². The minimum Gasteiger partial charge on any atom is -0.339 e. The van der Waals surface area contributed by atoms with Crippen molar-refractivity contribution in [2.45, 2.75) is 19.8 Å². The number of rotatable bonds is 4. The summed E-state index contributed by atoms with van der Waals surface area (Å²) >= 11 is 0. The summed E-state index contributed by atoms with van der Waals surface area (Å²) < 4.78 is 14.6. The molecule has 2 amide bonds. The van der Waals surface area contributed by atoms with E-state index in [1.54, 1.807) is 9.58 Å². The van der Waals surface area contributed by atoms with Crippen LogP contribution in [0, 0.1) is 18.7 Å². The third-order valence-corrected chi connectivity index (χ3v) is 5.32. The molecule has 1 aromatic heterocycles. The number of likely N-dealkylation sites (tertiary alicyclic amines) is 1. The van der Waals surface area contributed by atoms with Crippen LogP contribution in [0.25, 0.3) is 5.69 Å². The van der Waals surface area contributed by atoms with Crippen molar-refractivity contribution in [2.24, 2.45) is 5.92 Å². The summed E-state index contributed by atoms with van der Waals surface area (Å²) in [6.07, 6.45) is 2.65. The molecule has 1 aliphatic rings. The van der Waals surface area contributed by atoms with Crippen molar-refractivity contribution in [1.29, 1.82) is 0 Å². The summed E-state index contributed by atoms with van der Waals surface area (Å²) in [5, 5.41) is 14.1. The van der Waals surface area contributed by atoms with Crippen LogP contribution in [0.2, 0.25) is 0 Å². The Morgan fingerprint density at radius 1 is 1.10 bits per heavy atom. The lowest BCUT2D eigenvalue weighted by Gasteiger charge is -2.31. The molecule has 0 saturated carbocycles. The molecule has 2 heterocycles. The number of hydrogen-bond donors (Lipinski definition) is 1. The molecule has 3 aromatic rings. The van der Waals surface area contributed by atoms with Crippen LogP contribution in [-0.4, -0.2) is 50.0 Å². The molecule has 0 bridgehead atoms. The monoisotopic (exact) mass is 408 g/mol. The normalized spacial score (nSPS) is 14.5. The molecule has 0 atom stereocenters. The van der Waals surface area contributed by atoms with E-state index in [0.29, 0.717) is 37.2 Å². The molecule has 0 radical (unpaired) electrons. The lowest BCUT2D eigenvalue weighted by molar-refractivity contribution is -0.121. The van der Waals surface area contributed by atoms with Gasteiger partial charge < -0.3 is 10.2 Å². The van der Waals surface area contributed by atoms with E-state index < -0.39 is 0 Å². The van der Waals surface area contributed by atoms with Crippen molar-refractivity contribution in [3.63, 3.8) is 0 Å². The number of benzene rings is 2. The number of halogens is 1. The van der Waals surface area contributed by atoms with E-state index in [0.717, 1.165) is 11.3 Å². The number of nitrogens with zero attached hydrogens (tertiary/aromatic N) is 5. The van der Waals surface area contributed by atoms with E-state index in [-0.39, 0.29) is 23.5 Å². The van der Waals surface area contributed by atoms with Gasteiger partial charge in [0.1, 0.15) is 12.1 Å². The number of hydrogen-bond acceptors (Lipinski definition) is 5. The number of tetrazole rings is 1. The summed E-state index contributed by atoms with van der Waals surface area (Å²) in [4.78, 5) is 27.0. The van der Waals surface area contributed by atoms with E-state index in [1.165, 1.54) is 30.6 Å². The van der Waals surface area contributed by atoms with E-state index in [1.807, 2.05) is 25.1 Å². The van der Waals surface area contributed by atoms with Gasteiger partial charge in [-0.3, -0.25) is 9.59 Å². The highest BCUT2D eigenvalue weighted by molar-refractivity contribution is 5.95. The number of aryl methyl sites for hydroxylation is 1. The highest BCUT2D eigenvalue weighted by Crippen LogP contribution is 2.23. The smallest absolute Gasteiger partial charge is 0.253 e. The van der Waals surface area contributed by atoms with Crippen LogP contribution in [0.5, 0.6) is 0 Å². The Kier molecular flexibility index (Phi) is 5.51. The number of carbonyl (C=O) groups is 2. The maximum Gasteiger partial charge on any atom is 0.253 e. The van der Waals surface area contributed by atoms with Crippen molar-refractivity contribution in [3.8, 4) is 5.69 Å². The highest BCUT2D eigenvalue weighted by Gasteiger charge is 2.28. The Morgan fingerprint density at radius 3 is 2.50 bits per heavy atom. The minimum atomic E-state index is -0.374. The molecule has 1 aliphatic heterocycles. The van der Waals surface area contributed by atoms with Crippen LogP contribution in [0.15, 0.2) is 48.8 Å². The van der Waals surface area contributed by atoms with Gasteiger partial charge in [-0.15, -0.1) is 5.10 Å². The first kappa shape index (κ1) is 19.7. The first-order valence-corrected chi connectivity index (χ1v) is 9.71. The molecule has 0 unspecified atom stereocenters. The Hall–Kier alpha value is -3.62. The predicted molar refractivity (Wildman–Crippen MR) is 108 cm³/mol. The molecule has 30 heavy (non-hydrogen) atoms. The van der Waals surface area contributed by atoms with Gasteiger partial charge in [-0.1, -0.05) is 6.07 Å². The number of aromatic nitrogens is 4. The number of anilines is 1. The molecule has 4 rings (SSSR count). The van der Waals surface area contributed by atoms with E-state index in [9.17, 15) is 14.0 Å². The quantitative estimate of drug-likeness (QED) is 0.716. The van der Waals surface area contributed by atoms with Crippen molar-refractivity contribution in [3.05, 3.63) is 65.7 Å². The van der Waals surface area contributed by atoms with Crippen LogP contribution in [0.1, 0.15) is 28.8 Å². The largest absolute Gasteiger partial charge is 0.339 e. The van der Waals surface area contributed by atoms with Gasteiger partial charge in [-0.25, -0.2) is 9.07 Å². The molecule has 2 aromatic carbocycles. The first-order valence-electron chi connectivity index (χ1n) is 9.71. The Balaban J connectivity index is 1.36. The fraction of sp³-hybridized carbons (Fsp3) is 0.286. The van der Waals surface area contributed by atoms with Gasteiger partial charge >= 0.3 is 0 Å². The van der Waals surface area contributed by atoms with Crippen LogP contribution in [0.3, 0.4) is 0 Å².